The van der Waals surface area contributed by atoms with Crippen LogP contribution in [0.3, 0.4) is 0 Å². The summed E-state index contributed by atoms with van der Waals surface area (Å²) in [4.78, 5) is 24.6. The summed E-state index contributed by atoms with van der Waals surface area (Å²) >= 11 is 0. The fraction of sp³-hybridized carbons (Fsp3) is 0.385. The molecule has 2 rings (SSSR count). The SMILES string of the molecule is COC(=O)Nc1ccc(C)c(N2CCCC2=O)c1. The van der Waals surface area contributed by atoms with E-state index in [1.807, 2.05) is 13.0 Å². The molecule has 0 atom stereocenters. The number of carbonyl (C=O) groups is 2. The Balaban J connectivity index is 2.26. The fourth-order valence-electron chi connectivity index (χ4n) is 2.05. The van der Waals surface area contributed by atoms with Crippen molar-refractivity contribution in [2.24, 2.45) is 0 Å². The third-order valence-corrected chi connectivity index (χ3v) is 3.01. The predicted molar refractivity (Wildman–Crippen MR) is 68.8 cm³/mol. The van der Waals surface area contributed by atoms with Gasteiger partial charge in [-0.1, -0.05) is 6.07 Å². The number of rotatable bonds is 2. The number of nitrogens with zero attached hydrogens (tertiary/aromatic N) is 1. The normalized spacial score (nSPS) is 14.8. The summed E-state index contributed by atoms with van der Waals surface area (Å²) in [6.45, 7) is 2.68. The smallest absolute Gasteiger partial charge is 0.411 e. The van der Waals surface area contributed by atoms with Crippen LogP contribution in [0, 0.1) is 6.92 Å². The summed E-state index contributed by atoms with van der Waals surface area (Å²) < 4.78 is 4.54. The summed E-state index contributed by atoms with van der Waals surface area (Å²) in [6.07, 6.45) is 0.957. The van der Waals surface area contributed by atoms with Crippen molar-refractivity contribution in [3.63, 3.8) is 0 Å². The van der Waals surface area contributed by atoms with E-state index in [0.29, 0.717) is 12.1 Å². The highest BCUT2D eigenvalue weighted by atomic mass is 16.5. The average molecular weight is 248 g/mol. The number of hydrogen-bond donors (Lipinski definition) is 1. The van der Waals surface area contributed by atoms with Crippen LogP contribution in [0.2, 0.25) is 0 Å². The van der Waals surface area contributed by atoms with Crippen LogP contribution in [0.15, 0.2) is 18.2 Å². The largest absolute Gasteiger partial charge is 0.453 e. The number of nitrogens with one attached hydrogen (secondary N) is 1. The molecular formula is C13H16N2O3. The quantitative estimate of drug-likeness (QED) is 0.873. The van der Waals surface area contributed by atoms with E-state index in [1.165, 1.54) is 7.11 Å². The molecule has 1 aliphatic rings. The maximum Gasteiger partial charge on any atom is 0.411 e. The molecule has 1 heterocycles. The van der Waals surface area contributed by atoms with Gasteiger partial charge in [0.05, 0.1) is 7.11 Å². The number of ether oxygens (including phenoxy) is 1. The van der Waals surface area contributed by atoms with E-state index in [1.54, 1.807) is 17.0 Å². The van der Waals surface area contributed by atoms with E-state index in [0.717, 1.165) is 24.2 Å². The molecule has 18 heavy (non-hydrogen) atoms. The van der Waals surface area contributed by atoms with Gasteiger partial charge in [-0.3, -0.25) is 10.1 Å². The van der Waals surface area contributed by atoms with Gasteiger partial charge in [-0.25, -0.2) is 4.79 Å². The van der Waals surface area contributed by atoms with E-state index < -0.39 is 6.09 Å². The van der Waals surface area contributed by atoms with Crippen LogP contribution < -0.4 is 10.2 Å². The third kappa shape index (κ3) is 2.45. The molecule has 2 amide bonds. The summed E-state index contributed by atoms with van der Waals surface area (Å²) in [5.41, 5.74) is 2.49. The lowest BCUT2D eigenvalue weighted by molar-refractivity contribution is -0.117. The predicted octanol–water partition coefficient (Wildman–Crippen LogP) is 2.30. The molecule has 0 aliphatic carbocycles. The van der Waals surface area contributed by atoms with Crippen LogP contribution in [0.5, 0.6) is 0 Å². The Morgan fingerprint density at radius 1 is 1.44 bits per heavy atom. The minimum absolute atomic E-state index is 0.133. The summed E-state index contributed by atoms with van der Waals surface area (Å²) in [7, 11) is 1.31. The van der Waals surface area contributed by atoms with E-state index in [4.69, 9.17) is 0 Å². The molecule has 1 fully saturated rings. The van der Waals surface area contributed by atoms with Gasteiger partial charge in [0.2, 0.25) is 5.91 Å². The minimum Gasteiger partial charge on any atom is -0.453 e. The first-order valence-electron chi connectivity index (χ1n) is 5.88. The zero-order valence-electron chi connectivity index (χ0n) is 10.5. The van der Waals surface area contributed by atoms with Crippen molar-refractivity contribution >= 4 is 23.4 Å². The standard InChI is InChI=1S/C13H16N2O3/c1-9-5-6-10(14-13(17)18-2)8-11(9)15-7-3-4-12(15)16/h5-6,8H,3-4,7H2,1-2H3,(H,14,17). The Labute approximate surface area is 106 Å². The highest BCUT2D eigenvalue weighted by molar-refractivity contribution is 5.97. The molecule has 0 saturated carbocycles. The van der Waals surface area contributed by atoms with Crippen molar-refractivity contribution in [2.45, 2.75) is 19.8 Å². The fourth-order valence-corrected chi connectivity index (χ4v) is 2.05. The molecule has 0 spiro atoms. The second kappa shape index (κ2) is 5.08. The number of anilines is 2. The van der Waals surface area contributed by atoms with Gasteiger partial charge in [-0.15, -0.1) is 0 Å². The van der Waals surface area contributed by atoms with E-state index in [9.17, 15) is 9.59 Å². The zero-order chi connectivity index (χ0) is 13.1. The molecule has 96 valence electrons. The van der Waals surface area contributed by atoms with Gasteiger partial charge in [0, 0.05) is 24.3 Å². The highest BCUT2D eigenvalue weighted by Crippen LogP contribution is 2.28. The Kier molecular flexibility index (Phi) is 3.50. The van der Waals surface area contributed by atoms with Crippen molar-refractivity contribution in [3.05, 3.63) is 23.8 Å². The molecule has 5 heteroatoms. The van der Waals surface area contributed by atoms with Crippen molar-refractivity contribution < 1.29 is 14.3 Å². The van der Waals surface area contributed by atoms with Gasteiger partial charge in [-0.05, 0) is 31.0 Å². The third-order valence-electron chi connectivity index (χ3n) is 3.01. The second-order valence-electron chi connectivity index (χ2n) is 4.27. The van der Waals surface area contributed by atoms with Crippen molar-refractivity contribution in [3.8, 4) is 0 Å². The number of hydrogen-bond acceptors (Lipinski definition) is 3. The first-order valence-corrected chi connectivity index (χ1v) is 5.88. The van der Waals surface area contributed by atoms with Crippen LogP contribution in [0.1, 0.15) is 18.4 Å². The second-order valence-corrected chi connectivity index (χ2v) is 4.27. The number of amides is 2. The van der Waals surface area contributed by atoms with Gasteiger partial charge >= 0.3 is 6.09 Å². The molecule has 1 N–H and O–H groups in total. The van der Waals surface area contributed by atoms with Gasteiger partial charge < -0.3 is 9.64 Å². The van der Waals surface area contributed by atoms with Gasteiger partial charge in [0.1, 0.15) is 0 Å². The minimum atomic E-state index is -0.516. The lowest BCUT2D eigenvalue weighted by atomic mass is 10.1. The van der Waals surface area contributed by atoms with E-state index in [-0.39, 0.29) is 5.91 Å². The topological polar surface area (TPSA) is 58.6 Å². The van der Waals surface area contributed by atoms with Crippen molar-refractivity contribution in [2.75, 3.05) is 23.9 Å². The van der Waals surface area contributed by atoms with Gasteiger partial charge in [0.25, 0.3) is 0 Å². The lowest BCUT2D eigenvalue weighted by Crippen LogP contribution is -2.24. The number of aryl methyl sites for hydroxylation is 1. The number of methoxy groups -OCH3 is 1. The van der Waals surface area contributed by atoms with Crippen LogP contribution in [-0.4, -0.2) is 25.7 Å². The van der Waals surface area contributed by atoms with Gasteiger partial charge in [0.15, 0.2) is 0 Å². The molecule has 1 aromatic rings. The zero-order valence-corrected chi connectivity index (χ0v) is 10.5. The molecule has 1 aromatic carbocycles. The molecule has 1 saturated heterocycles. The van der Waals surface area contributed by atoms with E-state index >= 15 is 0 Å². The summed E-state index contributed by atoms with van der Waals surface area (Å²) in [5, 5.41) is 2.60. The van der Waals surface area contributed by atoms with Crippen LogP contribution in [0.4, 0.5) is 16.2 Å². The summed E-state index contributed by atoms with van der Waals surface area (Å²) in [6, 6.07) is 5.47. The Morgan fingerprint density at radius 2 is 2.22 bits per heavy atom. The van der Waals surface area contributed by atoms with Crippen LogP contribution in [-0.2, 0) is 9.53 Å². The van der Waals surface area contributed by atoms with Crippen LogP contribution in [0.25, 0.3) is 0 Å². The molecular weight excluding hydrogens is 232 g/mol. The van der Waals surface area contributed by atoms with Crippen LogP contribution >= 0.6 is 0 Å². The maximum absolute atomic E-state index is 11.7. The molecule has 0 unspecified atom stereocenters. The first kappa shape index (κ1) is 12.4. The molecule has 5 nitrogen and oxygen atoms in total. The lowest BCUT2D eigenvalue weighted by Gasteiger charge is -2.19. The highest BCUT2D eigenvalue weighted by Gasteiger charge is 2.23. The van der Waals surface area contributed by atoms with Crippen molar-refractivity contribution in [1.29, 1.82) is 0 Å². The molecule has 0 bridgehead atoms. The first-order chi connectivity index (χ1) is 8.61. The molecule has 0 aromatic heterocycles. The van der Waals surface area contributed by atoms with Crippen molar-refractivity contribution in [1.82, 2.24) is 0 Å². The number of benzene rings is 1. The van der Waals surface area contributed by atoms with E-state index in [2.05, 4.69) is 10.1 Å². The molecule has 0 radical (unpaired) electrons. The Hall–Kier alpha value is -2.04. The Bertz CT molecular complexity index is 485. The van der Waals surface area contributed by atoms with Gasteiger partial charge in [-0.2, -0.15) is 0 Å². The maximum atomic E-state index is 11.7. The number of carbonyl (C=O) groups excluding carboxylic acids is 2. The monoisotopic (exact) mass is 248 g/mol. The average Bonchev–Trinajstić information content (AvgIpc) is 2.77. The molecule has 1 aliphatic heterocycles. The summed E-state index contributed by atoms with van der Waals surface area (Å²) in [5.74, 6) is 0.133. The Morgan fingerprint density at radius 3 is 2.83 bits per heavy atom.